The summed E-state index contributed by atoms with van der Waals surface area (Å²) in [4.78, 5) is 0. The third-order valence-corrected chi connectivity index (χ3v) is 8.37. The van der Waals surface area contributed by atoms with E-state index in [-0.39, 0.29) is 0 Å². The molecule has 0 aromatic heterocycles. The molecular formula is C21H34O2. The van der Waals surface area contributed by atoms with Crippen LogP contribution in [0.25, 0.3) is 0 Å². The van der Waals surface area contributed by atoms with Gasteiger partial charge < -0.3 is 9.47 Å². The molecule has 0 heterocycles. The average Bonchev–Trinajstić information content (AvgIpc) is 2.94. The predicted octanol–water partition coefficient (Wildman–Crippen LogP) is 5.18. The molecule has 0 aromatic carbocycles. The van der Waals surface area contributed by atoms with Crippen molar-refractivity contribution in [2.75, 3.05) is 13.9 Å². The van der Waals surface area contributed by atoms with Crippen LogP contribution in [0.4, 0.5) is 0 Å². The highest BCUT2D eigenvalue weighted by atomic mass is 16.7. The lowest BCUT2D eigenvalue weighted by Crippen LogP contribution is -2.53. The number of fused-ring (bicyclic) bond motifs is 5. The van der Waals surface area contributed by atoms with Gasteiger partial charge in [-0.05, 0) is 85.9 Å². The van der Waals surface area contributed by atoms with Gasteiger partial charge in [-0.2, -0.15) is 0 Å². The molecule has 4 aliphatic carbocycles. The smallest absolute Gasteiger partial charge is 0.146 e. The lowest BCUT2D eigenvalue weighted by Gasteiger charge is -2.60. The molecule has 2 nitrogen and oxygen atoms in total. The lowest BCUT2D eigenvalue weighted by molar-refractivity contribution is -0.147. The van der Waals surface area contributed by atoms with Gasteiger partial charge in [0.15, 0.2) is 0 Å². The largest absolute Gasteiger partial charge is 0.359 e. The fourth-order valence-corrected chi connectivity index (χ4v) is 7.02. The van der Waals surface area contributed by atoms with E-state index in [0.717, 1.165) is 23.7 Å². The fourth-order valence-electron chi connectivity index (χ4n) is 7.02. The molecule has 0 saturated heterocycles. The third kappa shape index (κ3) is 2.52. The zero-order valence-electron chi connectivity index (χ0n) is 15.2. The second-order valence-corrected chi connectivity index (χ2v) is 9.31. The van der Waals surface area contributed by atoms with Crippen LogP contribution in [0.1, 0.15) is 65.2 Å². The van der Waals surface area contributed by atoms with Gasteiger partial charge in [0.1, 0.15) is 6.79 Å². The molecule has 0 bridgehead atoms. The molecular weight excluding hydrogens is 284 g/mol. The van der Waals surface area contributed by atoms with Crippen LogP contribution >= 0.6 is 0 Å². The number of rotatable bonds is 3. The molecule has 0 N–H and O–H groups in total. The molecule has 130 valence electrons. The van der Waals surface area contributed by atoms with Crippen molar-refractivity contribution in [3.8, 4) is 0 Å². The normalized spacial score (nSPS) is 51.9. The summed E-state index contributed by atoms with van der Waals surface area (Å²) in [7, 11) is 1.73. The first-order valence-electron chi connectivity index (χ1n) is 9.85. The Morgan fingerprint density at radius 1 is 1.04 bits per heavy atom. The van der Waals surface area contributed by atoms with Gasteiger partial charge in [0.25, 0.3) is 0 Å². The van der Waals surface area contributed by atoms with E-state index in [2.05, 4.69) is 26.0 Å². The van der Waals surface area contributed by atoms with Crippen LogP contribution in [0, 0.1) is 34.5 Å². The Morgan fingerprint density at radius 2 is 1.91 bits per heavy atom. The van der Waals surface area contributed by atoms with Gasteiger partial charge in [0.05, 0.1) is 6.10 Å². The Labute approximate surface area is 142 Å². The van der Waals surface area contributed by atoms with E-state index in [1.165, 1.54) is 51.4 Å². The van der Waals surface area contributed by atoms with Crippen molar-refractivity contribution in [3.63, 3.8) is 0 Å². The highest BCUT2D eigenvalue weighted by Gasteiger charge is 2.57. The summed E-state index contributed by atoms with van der Waals surface area (Å²) >= 11 is 0. The number of hydrogen-bond acceptors (Lipinski definition) is 2. The minimum Gasteiger partial charge on any atom is -0.359 e. The standard InChI is InChI=1S/C21H34O2/c1-20-10-4-5-18(20)17-7-6-15-13-16(23-14-22-3)8-12-21(15,2)19(17)9-11-20/h4,10,15-19H,5-9,11-14H2,1-3H3/t15-,16-,17+,18+,19+,20+,21+/m1/s1. The topological polar surface area (TPSA) is 18.5 Å². The second kappa shape index (κ2) is 5.88. The van der Waals surface area contributed by atoms with Crippen molar-refractivity contribution in [1.82, 2.24) is 0 Å². The first-order chi connectivity index (χ1) is 11.1. The zero-order valence-corrected chi connectivity index (χ0v) is 15.2. The molecule has 3 fully saturated rings. The van der Waals surface area contributed by atoms with Crippen LogP contribution in [0.3, 0.4) is 0 Å². The number of allylic oxidation sites excluding steroid dienone is 2. The summed E-state index contributed by atoms with van der Waals surface area (Å²) in [6, 6.07) is 0. The number of methoxy groups -OCH3 is 1. The van der Waals surface area contributed by atoms with Crippen molar-refractivity contribution >= 4 is 0 Å². The maximum atomic E-state index is 5.92. The van der Waals surface area contributed by atoms with Crippen molar-refractivity contribution in [1.29, 1.82) is 0 Å². The van der Waals surface area contributed by atoms with E-state index in [0.29, 0.717) is 23.7 Å². The minimum atomic E-state index is 0.437. The average molecular weight is 319 g/mol. The van der Waals surface area contributed by atoms with Crippen LogP contribution in [-0.2, 0) is 9.47 Å². The predicted molar refractivity (Wildman–Crippen MR) is 93.0 cm³/mol. The Hall–Kier alpha value is -0.340. The molecule has 2 heteroatoms. The second-order valence-electron chi connectivity index (χ2n) is 9.31. The highest BCUT2D eigenvalue weighted by molar-refractivity contribution is 5.16. The van der Waals surface area contributed by atoms with Crippen molar-refractivity contribution < 1.29 is 9.47 Å². The van der Waals surface area contributed by atoms with E-state index in [1.807, 2.05) is 0 Å². The first-order valence-corrected chi connectivity index (χ1v) is 9.85. The highest BCUT2D eigenvalue weighted by Crippen LogP contribution is 2.65. The molecule has 0 spiro atoms. The van der Waals surface area contributed by atoms with E-state index < -0.39 is 0 Å². The quantitative estimate of drug-likeness (QED) is 0.527. The van der Waals surface area contributed by atoms with Crippen LogP contribution < -0.4 is 0 Å². The summed E-state index contributed by atoms with van der Waals surface area (Å²) in [6.07, 6.45) is 16.5. The molecule has 0 unspecified atom stereocenters. The van der Waals surface area contributed by atoms with Crippen LogP contribution in [-0.4, -0.2) is 20.0 Å². The van der Waals surface area contributed by atoms with Crippen LogP contribution in [0.5, 0.6) is 0 Å². The van der Waals surface area contributed by atoms with Gasteiger partial charge >= 0.3 is 0 Å². The van der Waals surface area contributed by atoms with E-state index in [9.17, 15) is 0 Å². The lowest BCUT2D eigenvalue weighted by atomic mass is 9.45. The number of ether oxygens (including phenoxy) is 2. The maximum absolute atomic E-state index is 5.92. The number of hydrogen-bond donors (Lipinski definition) is 0. The summed E-state index contributed by atoms with van der Waals surface area (Å²) in [5, 5.41) is 0. The monoisotopic (exact) mass is 318 g/mol. The van der Waals surface area contributed by atoms with E-state index in [1.54, 1.807) is 7.11 Å². The van der Waals surface area contributed by atoms with Gasteiger partial charge in [-0.3, -0.25) is 0 Å². The van der Waals surface area contributed by atoms with E-state index >= 15 is 0 Å². The molecule has 0 aromatic rings. The summed E-state index contributed by atoms with van der Waals surface area (Å²) in [5.41, 5.74) is 1.09. The third-order valence-electron chi connectivity index (χ3n) is 8.37. The summed E-state index contributed by atoms with van der Waals surface area (Å²) in [5.74, 6) is 3.74. The Balaban J connectivity index is 1.50. The maximum Gasteiger partial charge on any atom is 0.146 e. The molecule has 0 amide bonds. The molecule has 3 saturated carbocycles. The molecule has 4 rings (SSSR count). The van der Waals surface area contributed by atoms with Gasteiger partial charge in [-0.25, -0.2) is 0 Å². The van der Waals surface area contributed by atoms with Gasteiger partial charge in [-0.1, -0.05) is 26.0 Å². The van der Waals surface area contributed by atoms with E-state index in [4.69, 9.17) is 9.47 Å². The van der Waals surface area contributed by atoms with Crippen molar-refractivity contribution in [3.05, 3.63) is 12.2 Å². The summed E-state index contributed by atoms with van der Waals surface area (Å²) in [6.45, 7) is 5.62. The molecule has 4 aliphatic rings. The van der Waals surface area contributed by atoms with Crippen LogP contribution in [0.15, 0.2) is 12.2 Å². The Morgan fingerprint density at radius 3 is 2.74 bits per heavy atom. The molecule has 7 atom stereocenters. The van der Waals surface area contributed by atoms with Crippen molar-refractivity contribution in [2.24, 2.45) is 34.5 Å². The SMILES string of the molecule is COCO[C@@H]1CC[C@@]2(C)[C@H](CC[C@@H]3[C@@H]2CC[C@]2(C)C=CC[C@@H]32)C1. The van der Waals surface area contributed by atoms with Crippen LogP contribution in [0.2, 0.25) is 0 Å². The Kier molecular flexibility index (Phi) is 4.13. The molecule has 23 heavy (non-hydrogen) atoms. The van der Waals surface area contributed by atoms with Gasteiger partial charge in [0, 0.05) is 7.11 Å². The minimum absolute atomic E-state index is 0.437. The first kappa shape index (κ1) is 16.1. The van der Waals surface area contributed by atoms with Gasteiger partial charge in [-0.15, -0.1) is 0 Å². The molecule has 0 aliphatic heterocycles. The van der Waals surface area contributed by atoms with Gasteiger partial charge in [0.2, 0.25) is 0 Å². The Bertz CT molecular complexity index is 472. The fraction of sp³-hybridized carbons (Fsp3) is 0.905. The summed E-state index contributed by atoms with van der Waals surface area (Å²) < 4.78 is 11.0. The van der Waals surface area contributed by atoms with Crippen molar-refractivity contribution in [2.45, 2.75) is 71.3 Å². The zero-order chi connectivity index (χ0) is 16.1. The molecule has 0 radical (unpaired) electrons.